The maximum atomic E-state index is 14.0. The number of halogens is 4. The van der Waals surface area contributed by atoms with Crippen molar-refractivity contribution in [3.8, 4) is 16.9 Å². The zero-order valence-corrected chi connectivity index (χ0v) is 16.5. The minimum atomic E-state index is -1.60. The number of fused-ring (bicyclic) bond motifs is 5. The third-order valence-electron chi connectivity index (χ3n) is 5.98. The highest BCUT2D eigenvalue weighted by atomic mass is 32.1. The average Bonchev–Trinajstić information content (AvgIpc) is 3.07. The molecule has 5 rings (SSSR count). The number of nitrogens with zero attached hydrogens (tertiary/aromatic N) is 1. The molecule has 0 saturated carbocycles. The van der Waals surface area contributed by atoms with Crippen molar-refractivity contribution in [3.05, 3.63) is 71.8 Å². The van der Waals surface area contributed by atoms with Crippen LogP contribution >= 0.6 is 12.6 Å². The Morgan fingerprint density at radius 3 is 1.90 bits per heavy atom. The quantitative estimate of drug-likeness (QED) is 0.186. The van der Waals surface area contributed by atoms with Crippen LogP contribution in [0.15, 0.2) is 53.4 Å². The highest BCUT2D eigenvalue weighted by Gasteiger charge is 2.55. The molecule has 3 aromatic rings. The van der Waals surface area contributed by atoms with Gasteiger partial charge in [0, 0.05) is 23.3 Å². The third-order valence-corrected chi connectivity index (χ3v) is 6.37. The van der Waals surface area contributed by atoms with Crippen LogP contribution in [0.5, 0.6) is 5.75 Å². The van der Waals surface area contributed by atoms with Gasteiger partial charge in [-0.25, -0.2) is 18.6 Å². The molecule has 3 aromatic carbocycles. The zero-order chi connectivity index (χ0) is 21.0. The van der Waals surface area contributed by atoms with E-state index in [1.54, 1.807) is 0 Å². The number of thiol groups is 1. The number of nitrogens with one attached hydrogen (secondary N) is 1. The molecular weight excluding hydrogens is 416 g/mol. The van der Waals surface area contributed by atoms with Crippen LogP contribution in [0, 0.1) is 23.3 Å². The van der Waals surface area contributed by atoms with Gasteiger partial charge in [-0.3, -0.25) is 0 Å². The lowest BCUT2D eigenvalue weighted by molar-refractivity contribution is 0.104. The van der Waals surface area contributed by atoms with Crippen molar-refractivity contribution in [2.45, 2.75) is 17.5 Å². The van der Waals surface area contributed by atoms with Gasteiger partial charge in [0.2, 0.25) is 11.6 Å². The Labute approximate surface area is 175 Å². The fourth-order valence-electron chi connectivity index (χ4n) is 4.52. The summed E-state index contributed by atoms with van der Waals surface area (Å²) in [5.41, 5.74) is 4.56. The summed E-state index contributed by atoms with van der Waals surface area (Å²) in [5, 5.41) is 3.14. The Kier molecular flexibility index (Phi) is 4.53. The summed E-state index contributed by atoms with van der Waals surface area (Å²) in [7, 11) is 0. The van der Waals surface area contributed by atoms with E-state index in [9.17, 15) is 17.6 Å². The highest BCUT2D eigenvalue weighted by Crippen LogP contribution is 2.57. The van der Waals surface area contributed by atoms with Crippen molar-refractivity contribution in [2.75, 3.05) is 13.3 Å². The summed E-state index contributed by atoms with van der Waals surface area (Å²) < 4.78 is 61.1. The fraction of sp³-hybridized carbons (Fsp3) is 0.182. The van der Waals surface area contributed by atoms with E-state index in [-0.39, 0.29) is 12.9 Å². The SMILES string of the molecule is Fc1c(F)c(OCNC2CC[N+]23c2ccccc2-c2ccccc23)c(F)c(F)c1S. The van der Waals surface area contributed by atoms with Crippen molar-refractivity contribution < 1.29 is 22.3 Å². The van der Waals surface area contributed by atoms with Crippen LogP contribution in [0.1, 0.15) is 6.42 Å². The van der Waals surface area contributed by atoms with Crippen LogP contribution < -0.4 is 14.5 Å². The molecule has 0 radical (unpaired) electrons. The minimum Gasteiger partial charge on any atom is -0.472 e. The van der Waals surface area contributed by atoms with E-state index in [4.69, 9.17) is 4.74 Å². The Hall–Kier alpha value is -2.55. The normalized spacial score (nSPS) is 18.1. The van der Waals surface area contributed by atoms with Gasteiger partial charge in [0.1, 0.15) is 18.1 Å². The molecule has 1 atom stereocenters. The molecule has 3 nitrogen and oxygen atoms in total. The average molecular weight is 433 g/mol. The van der Waals surface area contributed by atoms with Crippen LogP contribution in [-0.2, 0) is 0 Å². The van der Waals surface area contributed by atoms with Gasteiger partial charge in [0.15, 0.2) is 23.5 Å². The number of ether oxygens (including phenoxy) is 1. The van der Waals surface area contributed by atoms with Crippen molar-refractivity contribution >= 4 is 24.0 Å². The summed E-state index contributed by atoms with van der Waals surface area (Å²) >= 11 is 3.45. The first-order valence-corrected chi connectivity index (χ1v) is 9.90. The van der Waals surface area contributed by atoms with E-state index >= 15 is 0 Å². The van der Waals surface area contributed by atoms with Gasteiger partial charge in [-0.2, -0.15) is 8.78 Å². The van der Waals surface area contributed by atoms with Crippen LogP contribution in [0.2, 0.25) is 0 Å². The molecule has 1 unspecified atom stereocenters. The zero-order valence-electron chi connectivity index (χ0n) is 15.6. The largest absolute Gasteiger partial charge is 0.472 e. The molecule has 1 spiro atoms. The molecule has 0 aliphatic carbocycles. The van der Waals surface area contributed by atoms with Crippen LogP contribution in [-0.4, -0.2) is 19.4 Å². The Morgan fingerprint density at radius 2 is 1.40 bits per heavy atom. The van der Waals surface area contributed by atoms with E-state index in [2.05, 4.69) is 42.2 Å². The van der Waals surface area contributed by atoms with Gasteiger partial charge in [-0.15, -0.1) is 12.6 Å². The van der Waals surface area contributed by atoms with Gasteiger partial charge in [-0.05, 0) is 12.1 Å². The summed E-state index contributed by atoms with van der Waals surface area (Å²) in [5.74, 6) is -7.46. The van der Waals surface area contributed by atoms with Gasteiger partial charge in [-0.1, -0.05) is 24.3 Å². The molecule has 2 aliphatic heterocycles. The molecule has 2 aliphatic rings. The topological polar surface area (TPSA) is 21.3 Å². The van der Waals surface area contributed by atoms with Gasteiger partial charge in [0.25, 0.3) is 0 Å². The first-order valence-electron chi connectivity index (χ1n) is 9.45. The van der Waals surface area contributed by atoms with Gasteiger partial charge in [0.05, 0.1) is 17.9 Å². The third kappa shape index (κ3) is 2.54. The summed E-state index contributed by atoms with van der Waals surface area (Å²) in [6.45, 7) is 0.541. The molecule has 154 valence electrons. The molecule has 2 heterocycles. The lowest BCUT2D eigenvalue weighted by Crippen LogP contribution is -2.68. The van der Waals surface area contributed by atoms with E-state index < -0.39 is 33.9 Å². The maximum absolute atomic E-state index is 14.0. The smallest absolute Gasteiger partial charge is 0.205 e. The molecule has 1 fully saturated rings. The molecule has 1 N–H and O–H groups in total. The van der Waals surface area contributed by atoms with E-state index in [1.165, 1.54) is 0 Å². The minimum absolute atomic E-state index is 0.111. The van der Waals surface area contributed by atoms with Gasteiger partial charge >= 0.3 is 0 Å². The monoisotopic (exact) mass is 433 g/mol. The molecule has 0 bridgehead atoms. The van der Waals surface area contributed by atoms with Crippen LogP contribution in [0.4, 0.5) is 28.9 Å². The number of hydrogen-bond donors (Lipinski definition) is 2. The molecule has 0 aromatic heterocycles. The Morgan fingerprint density at radius 1 is 0.867 bits per heavy atom. The van der Waals surface area contributed by atoms with E-state index in [1.807, 2.05) is 24.3 Å². The first-order chi connectivity index (χ1) is 14.5. The van der Waals surface area contributed by atoms with Crippen LogP contribution in [0.3, 0.4) is 0 Å². The van der Waals surface area contributed by atoms with Crippen LogP contribution in [0.25, 0.3) is 11.1 Å². The second-order valence-electron chi connectivity index (χ2n) is 7.36. The molecule has 0 amide bonds. The van der Waals surface area contributed by atoms with Crippen molar-refractivity contribution in [2.24, 2.45) is 0 Å². The summed E-state index contributed by atoms with van der Waals surface area (Å²) in [6.07, 6.45) is 0.690. The second-order valence-corrected chi connectivity index (χ2v) is 7.80. The molecule has 1 saturated heterocycles. The predicted molar refractivity (Wildman–Crippen MR) is 109 cm³/mol. The standard InChI is InChI=1S/C22H16F4N2OS/c23-17-19(25)22(30)20(26)18(24)21(17)29-11-27-16-9-10-28(16)14-7-3-1-5-12(14)13-6-2-4-8-15(13)28/h1-8,16,27H,9-11H2/p+1. The first kappa shape index (κ1) is 19.4. The maximum Gasteiger partial charge on any atom is 0.205 e. The van der Waals surface area contributed by atoms with Crippen molar-refractivity contribution in [3.63, 3.8) is 0 Å². The lowest BCUT2D eigenvalue weighted by atomic mass is 10.0. The fourth-order valence-corrected chi connectivity index (χ4v) is 4.71. The molecular formula is C22H17F4N2OS+. The number of hydrogen-bond acceptors (Lipinski definition) is 3. The van der Waals surface area contributed by atoms with E-state index in [0.717, 1.165) is 35.5 Å². The number of quaternary nitrogens is 1. The molecule has 30 heavy (non-hydrogen) atoms. The van der Waals surface area contributed by atoms with Crippen molar-refractivity contribution in [1.29, 1.82) is 0 Å². The number of benzene rings is 3. The van der Waals surface area contributed by atoms with E-state index in [0.29, 0.717) is 4.48 Å². The highest BCUT2D eigenvalue weighted by molar-refractivity contribution is 7.80. The Balaban J connectivity index is 1.41. The predicted octanol–water partition coefficient (Wildman–Crippen LogP) is 5.51. The number of para-hydroxylation sites is 2. The Bertz CT molecular complexity index is 1100. The summed E-state index contributed by atoms with van der Waals surface area (Å²) in [6, 6.07) is 16.2. The summed E-state index contributed by atoms with van der Waals surface area (Å²) in [4.78, 5) is -1.01. The molecule has 8 heteroatoms. The van der Waals surface area contributed by atoms with Gasteiger partial charge < -0.3 is 4.74 Å². The number of rotatable bonds is 4. The second kappa shape index (κ2) is 7.01. The van der Waals surface area contributed by atoms with Crippen molar-refractivity contribution in [1.82, 2.24) is 9.80 Å². The lowest BCUT2D eigenvalue weighted by Gasteiger charge is -2.49.